The van der Waals surface area contributed by atoms with Crippen LogP contribution in [0.3, 0.4) is 0 Å². The zero-order valence-electron chi connectivity index (χ0n) is 16.4. The third-order valence-electron chi connectivity index (χ3n) is 5.43. The maximum Gasteiger partial charge on any atom is 0.338 e. The van der Waals surface area contributed by atoms with Gasteiger partial charge in [0, 0.05) is 6.61 Å². The number of esters is 2. The fourth-order valence-electron chi connectivity index (χ4n) is 3.92. The van der Waals surface area contributed by atoms with Crippen molar-refractivity contribution in [1.82, 2.24) is 0 Å². The summed E-state index contributed by atoms with van der Waals surface area (Å²) in [5, 5.41) is 0. The van der Waals surface area contributed by atoms with Crippen molar-refractivity contribution in [1.29, 1.82) is 0 Å². The lowest BCUT2D eigenvalue weighted by Crippen LogP contribution is -2.42. The average molecular weight is 396 g/mol. The summed E-state index contributed by atoms with van der Waals surface area (Å²) in [5.74, 6) is -1.96. The second kappa shape index (κ2) is 7.97. The second-order valence-corrected chi connectivity index (χ2v) is 7.32. The first kappa shape index (κ1) is 19.6. The number of ether oxygens (including phenoxy) is 4. The number of hydrogen-bond donors (Lipinski definition) is 0. The van der Waals surface area contributed by atoms with E-state index < -0.39 is 29.9 Å². The minimum absolute atomic E-state index is 0.181. The SMILES string of the molecule is CCOC12OC(C)[C@H](OC(=O)c3ccccc3)CC1[C@@H]2OC(=O)c1ccccc1. The molecule has 0 N–H and O–H groups in total. The van der Waals surface area contributed by atoms with Crippen LogP contribution in [0.5, 0.6) is 0 Å². The number of rotatable bonds is 6. The third kappa shape index (κ3) is 3.78. The molecule has 1 saturated heterocycles. The van der Waals surface area contributed by atoms with E-state index in [0.29, 0.717) is 24.2 Å². The number of hydrogen-bond acceptors (Lipinski definition) is 6. The zero-order valence-corrected chi connectivity index (χ0v) is 16.4. The lowest BCUT2D eigenvalue weighted by molar-refractivity contribution is -0.245. The number of carbonyl (C=O) groups excluding carboxylic acids is 2. The van der Waals surface area contributed by atoms with Crippen LogP contribution in [0.25, 0.3) is 0 Å². The Balaban J connectivity index is 1.45. The molecule has 152 valence electrons. The first-order valence-corrected chi connectivity index (χ1v) is 9.89. The molecule has 0 bridgehead atoms. The highest BCUT2D eigenvalue weighted by Crippen LogP contribution is 2.57. The van der Waals surface area contributed by atoms with E-state index >= 15 is 0 Å². The first-order valence-electron chi connectivity index (χ1n) is 9.89. The van der Waals surface area contributed by atoms with E-state index in [9.17, 15) is 9.59 Å². The maximum atomic E-state index is 12.5. The molecule has 29 heavy (non-hydrogen) atoms. The molecule has 2 aliphatic rings. The van der Waals surface area contributed by atoms with E-state index in [1.54, 1.807) is 48.5 Å². The van der Waals surface area contributed by atoms with Gasteiger partial charge in [-0.3, -0.25) is 0 Å². The van der Waals surface area contributed by atoms with Crippen LogP contribution in [0.1, 0.15) is 41.0 Å². The highest BCUT2D eigenvalue weighted by Gasteiger charge is 2.74. The van der Waals surface area contributed by atoms with Gasteiger partial charge in [0.2, 0.25) is 5.79 Å². The summed E-state index contributed by atoms with van der Waals surface area (Å²) in [6.45, 7) is 4.14. The van der Waals surface area contributed by atoms with Crippen LogP contribution in [-0.4, -0.2) is 42.6 Å². The molecule has 6 heteroatoms. The van der Waals surface area contributed by atoms with Crippen molar-refractivity contribution in [2.24, 2.45) is 5.92 Å². The standard InChI is InChI=1S/C23H24O6/c1-3-26-23-18(20(23)28-22(25)17-12-8-5-9-13-17)14-19(15(2)29-23)27-21(24)16-10-6-4-7-11-16/h4-13,15,18-20H,3,14H2,1-2H3/t15?,18?,19-,20+,23?/m1/s1. The minimum Gasteiger partial charge on any atom is -0.456 e. The van der Waals surface area contributed by atoms with E-state index in [1.165, 1.54) is 0 Å². The number of fused-ring (bicyclic) bond motifs is 1. The minimum atomic E-state index is -0.964. The lowest BCUT2D eigenvalue weighted by atomic mass is 10.0. The number of benzene rings is 2. The third-order valence-corrected chi connectivity index (χ3v) is 5.43. The van der Waals surface area contributed by atoms with E-state index in [0.717, 1.165) is 0 Å². The fraction of sp³-hybridized carbons (Fsp3) is 0.391. The topological polar surface area (TPSA) is 71.1 Å². The van der Waals surface area contributed by atoms with Gasteiger partial charge >= 0.3 is 11.9 Å². The molecule has 0 amide bonds. The summed E-state index contributed by atoms with van der Waals surface area (Å²) in [6.07, 6.45) is -0.849. The van der Waals surface area contributed by atoms with Crippen LogP contribution in [0.2, 0.25) is 0 Å². The quantitative estimate of drug-likeness (QED) is 0.695. The predicted octanol–water partition coefficient (Wildman–Crippen LogP) is 3.61. The van der Waals surface area contributed by atoms with Gasteiger partial charge in [0.15, 0.2) is 6.10 Å². The van der Waals surface area contributed by atoms with Crippen molar-refractivity contribution < 1.29 is 28.5 Å². The van der Waals surface area contributed by atoms with Crippen LogP contribution in [0, 0.1) is 5.92 Å². The molecule has 1 aliphatic heterocycles. The molecule has 0 spiro atoms. The van der Waals surface area contributed by atoms with Gasteiger partial charge in [0.25, 0.3) is 0 Å². The highest BCUT2D eigenvalue weighted by molar-refractivity contribution is 5.90. The molecule has 6 nitrogen and oxygen atoms in total. The molecule has 2 aromatic carbocycles. The Morgan fingerprint density at radius 3 is 2.07 bits per heavy atom. The van der Waals surface area contributed by atoms with E-state index in [4.69, 9.17) is 18.9 Å². The normalized spacial score (nSPS) is 30.1. The maximum absolute atomic E-state index is 12.5. The lowest BCUT2D eigenvalue weighted by Gasteiger charge is -2.33. The number of carbonyl (C=O) groups is 2. The molecule has 1 aliphatic carbocycles. The smallest absolute Gasteiger partial charge is 0.338 e. The predicted molar refractivity (Wildman–Crippen MR) is 104 cm³/mol. The van der Waals surface area contributed by atoms with E-state index in [2.05, 4.69) is 0 Å². The second-order valence-electron chi connectivity index (χ2n) is 7.32. The van der Waals surface area contributed by atoms with Gasteiger partial charge in [-0.2, -0.15) is 0 Å². The van der Waals surface area contributed by atoms with Crippen LogP contribution < -0.4 is 0 Å². The Kier molecular flexibility index (Phi) is 5.39. The van der Waals surface area contributed by atoms with Crippen molar-refractivity contribution in [3.05, 3.63) is 71.8 Å². The molecule has 3 unspecified atom stereocenters. The summed E-state index contributed by atoms with van der Waals surface area (Å²) < 4.78 is 23.4. The van der Waals surface area contributed by atoms with Crippen LogP contribution in [0.15, 0.2) is 60.7 Å². The van der Waals surface area contributed by atoms with E-state index in [1.807, 2.05) is 26.0 Å². The first-order chi connectivity index (χ1) is 14.0. The summed E-state index contributed by atoms with van der Waals surface area (Å²) in [4.78, 5) is 24.9. The van der Waals surface area contributed by atoms with Crippen molar-refractivity contribution in [2.75, 3.05) is 6.61 Å². The van der Waals surface area contributed by atoms with Gasteiger partial charge < -0.3 is 18.9 Å². The molecular weight excluding hydrogens is 372 g/mol. The molecular formula is C23H24O6. The van der Waals surface area contributed by atoms with Crippen molar-refractivity contribution in [2.45, 2.75) is 44.4 Å². The fourth-order valence-corrected chi connectivity index (χ4v) is 3.92. The Labute approximate surface area is 169 Å². The molecule has 1 saturated carbocycles. The van der Waals surface area contributed by atoms with Crippen LogP contribution in [0.4, 0.5) is 0 Å². The Morgan fingerprint density at radius 1 is 0.966 bits per heavy atom. The van der Waals surface area contributed by atoms with Gasteiger partial charge in [-0.15, -0.1) is 0 Å². The Morgan fingerprint density at radius 2 is 1.52 bits per heavy atom. The van der Waals surface area contributed by atoms with Gasteiger partial charge in [-0.1, -0.05) is 36.4 Å². The Hall–Kier alpha value is -2.70. The molecule has 5 atom stereocenters. The van der Waals surface area contributed by atoms with Gasteiger partial charge in [-0.25, -0.2) is 9.59 Å². The summed E-state index contributed by atoms with van der Waals surface area (Å²) in [6, 6.07) is 17.7. The van der Waals surface area contributed by atoms with Crippen molar-refractivity contribution in [3.63, 3.8) is 0 Å². The molecule has 4 rings (SSSR count). The Bertz CT molecular complexity index is 867. The van der Waals surface area contributed by atoms with Gasteiger partial charge in [0.1, 0.15) is 6.10 Å². The highest BCUT2D eigenvalue weighted by atomic mass is 16.8. The molecule has 2 aromatic rings. The largest absolute Gasteiger partial charge is 0.456 e. The molecule has 2 fully saturated rings. The summed E-state index contributed by atoms with van der Waals surface area (Å²) >= 11 is 0. The van der Waals surface area contributed by atoms with Crippen molar-refractivity contribution in [3.8, 4) is 0 Å². The summed E-state index contributed by atoms with van der Waals surface area (Å²) in [7, 11) is 0. The zero-order chi connectivity index (χ0) is 20.4. The average Bonchev–Trinajstić information content (AvgIpc) is 3.33. The monoisotopic (exact) mass is 396 g/mol. The van der Waals surface area contributed by atoms with Crippen LogP contribution in [-0.2, 0) is 18.9 Å². The van der Waals surface area contributed by atoms with Crippen molar-refractivity contribution >= 4 is 11.9 Å². The summed E-state index contributed by atoms with van der Waals surface area (Å²) in [5.41, 5.74) is 0.965. The van der Waals surface area contributed by atoms with E-state index in [-0.39, 0.29) is 12.0 Å². The van der Waals surface area contributed by atoms with Crippen LogP contribution >= 0.6 is 0 Å². The molecule has 1 heterocycles. The van der Waals surface area contributed by atoms with Gasteiger partial charge in [-0.05, 0) is 44.5 Å². The molecule has 0 radical (unpaired) electrons. The van der Waals surface area contributed by atoms with Gasteiger partial charge in [0.05, 0.1) is 23.1 Å². The molecule has 0 aromatic heterocycles.